The van der Waals surface area contributed by atoms with E-state index in [1.807, 2.05) is 62.3 Å². The Balaban J connectivity index is 0.000000600. The van der Waals surface area contributed by atoms with Crippen LogP contribution in [-0.2, 0) is 32.9 Å². The normalized spacial score (nSPS) is 13.7. The Kier molecular flexibility index (Phi) is 14.3. The Labute approximate surface area is 279 Å². The molecule has 47 heavy (non-hydrogen) atoms. The largest absolute Gasteiger partial charge is 0.361 e. The first kappa shape index (κ1) is 43.4. The van der Waals surface area contributed by atoms with Crippen molar-refractivity contribution >= 4 is 18.1 Å². The maximum absolute atomic E-state index is 12.7. The van der Waals surface area contributed by atoms with E-state index in [0.29, 0.717) is 17.5 Å². The van der Waals surface area contributed by atoms with Crippen LogP contribution in [0.2, 0.25) is 0 Å². The highest BCUT2D eigenvalue weighted by atomic mass is 32.1. The molecule has 2 N–H and O–H groups in total. The van der Waals surface area contributed by atoms with E-state index in [1.54, 1.807) is 0 Å². The lowest BCUT2D eigenvalue weighted by molar-refractivity contribution is -0.0162. The highest BCUT2D eigenvalue weighted by Crippen LogP contribution is 2.29. The van der Waals surface area contributed by atoms with E-state index >= 15 is 0 Å². The number of rotatable bonds is 2. The van der Waals surface area contributed by atoms with Gasteiger partial charge in [-0.3, -0.25) is 0 Å². The lowest BCUT2D eigenvalue weighted by Crippen LogP contribution is -2.30. The van der Waals surface area contributed by atoms with Crippen LogP contribution in [0.4, 0.5) is 17.6 Å². The van der Waals surface area contributed by atoms with Gasteiger partial charge in [-0.1, -0.05) is 101 Å². The SMILES string of the molecule is C.C=C1N=C(C(C)(C)C)NO1.CC(C)(C)c1nc(=S)o[nH]1.CC(C)(C)c1noc(C(C)(F)F)n1.CC(C)(C)c1noc(C(C)(F)F)n1. The van der Waals surface area contributed by atoms with E-state index < -0.39 is 23.6 Å². The van der Waals surface area contributed by atoms with Gasteiger partial charge in [0.15, 0.2) is 11.6 Å². The zero-order valence-corrected chi connectivity index (χ0v) is 29.8. The van der Waals surface area contributed by atoms with Gasteiger partial charge in [0.05, 0.1) is 0 Å². The van der Waals surface area contributed by atoms with Crippen molar-refractivity contribution in [1.29, 1.82) is 0 Å². The van der Waals surface area contributed by atoms with Crippen molar-refractivity contribution in [3.63, 3.8) is 0 Å². The summed E-state index contributed by atoms with van der Waals surface area (Å²) >= 11 is 4.69. The molecule has 0 aromatic carbocycles. The molecule has 0 spiro atoms. The fraction of sp³-hybridized carbons (Fsp3) is 0.700. The molecule has 0 atom stereocenters. The van der Waals surface area contributed by atoms with Gasteiger partial charge in [0, 0.05) is 35.5 Å². The lowest BCUT2D eigenvalue weighted by atomic mass is 9.95. The van der Waals surface area contributed by atoms with Crippen molar-refractivity contribution in [3.05, 3.63) is 46.6 Å². The quantitative estimate of drug-likeness (QED) is 0.195. The summed E-state index contributed by atoms with van der Waals surface area (Å²) in [6.45, 7) is 28.3. The molecule has 0 aliphatic carbocycles. The molecule has 0 unspecified atom stereocenters. The summed E-state index contributed by atoms with van der Waals surface area (Å²) in [4.78, 5) is 20.4. The van der Waals surface area contributed by atoms with E-state index in [-0.39, 0.29) is 33.9 Å². The average molecular weight is 695 g/mol. The van der Waals surface area contributed by atoms with Gasteiger partial charge in [0.25, 0.3) is 11.8 Å². The third-order valence-electron chi connectivity index (χ3n) is 5.31. The second-order valence-corrected chi connectivity index (χ2v) is 15.0. The minimum atomic E-state index is -3.06. The summed E-state index contributed by atoms with van der Waals surface area (Å²) in [7, 11) is 0. The summed E-state index contributed by atoms with van der Waals surface area (Å²) in [5.74, 6) is -4.73. The van der Waals surface area contributed by atoms with E-state index in [1.165, 1.54) is 0 Å². The van der Waals surface area contributed by atoms with Gasteiger partial charge in [-0.05, 0) is 18.8 Å². The Morgan fingerprint density at radius 1 is 0.638 bits per heavy atom. The number of hydrogen-bond donors (Lipinski definition) is 2. The van der Waals surface area contributed by atoms with Crippen LogP contribution in [-0.4, -0.2) is 36.3 Å². The molecule has 17 heteroatoms. The van der Waals surface area contributed by atoms with Gasteiger partial charge < -0.3 is 18.4 Å². The molecule has 0 saturated carbocycles. The Morgan fingerprint density at radius 3 is 1.19 bits per heavy atom. The standard InChI is InChI=1S/2C8H12F2N2O.C7H12N2O.C6H10N2OS.CH4/c2*1-7(2,3)5-11-6(13-12-5)8(4,9)10;1-5-8-6(9-10-5)7(2,3)4;1-6(2,3)4-7-5(10)9-8-4;/h2*1-4H3;1H2,2-4H3,(H,8,9);1-3H3,(H,7,8,10);1H4. The van der Waals surface area contributed by atoms with Gasteiger partial charge in [-0.2, -0.15) is 37.5 Å². The highest BCUT2D eigenvalue weighted by molar-refractivity contribution is 7.71. The molecule has 1 aliphatic heterocycles. The minimum absolute atomic E-state index is 0. The van der Waals surface area contributed by atoms with Crippen LogP contribution < -0.4 is 5.48 Å². The molecule has 0 fully saturated rings. The first-order chi connectivity index (χ1) is 20.4. The van der Waals surface area contributed by atoms with Crippen LogP contribution in [0.25, 0.3) is 0 Å². The molecule has 4 rings (SSSR count). The lowest BCUT2D eigenvalue weighted by Gasteiger charge is -2.16. The number of hydrogen-bond acceptors (Lipinski definition) is 12. The monoisotopic (exact) mass is 694 g/mol. The summed E-state index contributed by atoms with van der Waals surface area (Å²) in [6.07, 6.45) is 0. The van der Waals surface area contributed by atoms with Gasteiger partial charge >= 0.3 is 16.7 Å². The summed E-state index contributed by atoms with van der Waals surface area (Å²) in [6, 6.07) is 0. The third kappa shape index (κ3) is 14.8. The molecule has 3 aromatic rings. The van der Waals surface area contributed by atoms with Crippen LogP contribution in [0.3, 0.4) is 0 Å². The smallest absolute Gasteiger partial charge is 0.322 e. The molecule has 3 aromatic heterocycles. The molecule has 0 amide bonds. The molecule has 12 nitrogen and oxygen atoms in total. The molecular formula is C30H50F4N8O4S. The fourth-order valence-corrected chi connectivity index (χ4v) is 2.69. The topological polar surface area (TPSA) is 153 Å². The van der Waals surface area contributed by atoms with Crippen molar-refractivity contribution in [2.75, 3.05) is 0 Å². The Bertz CT molecular complexity index is 1390. The number of aromatic nitrogens is 6. The summed E-state index contributed by atoms with van der Waals surface area (Å²) < 4.78 is 64.3. The summed E-state index contributed by atoms with van der Waals surface area (Å²) in [5.41, 5.74) is 1.96. The number of nitrogens with one attached hydrogen (secondary N) is 2. The second-order valence-electron chi connectivity index (χ2n) is 14.6. The first-order valence-corrected chi connectivity index (χ1v) is 14.5. The van der Waals surface area contributed by atoms with Crippen LogP contribution in [0.5, 0.6) is 0 Å². The van der Waals surface area contributed by atoms with E-state index in [9.17, 15) is 17.6 Å². The van der Waals surface area contributed by atoms with Crippen LogP contribution in [0, 0.1) is 10.3 Å². The number of amidine groups is 1. The third-order valence-corrected chi connectivity index (χ3v) is 5.48. The van der Waals surface area contributed by atoms with Crippen LogP contribution in [0.1, 0.15) is 134 Å². The first-order valence-electron chi connectivity index (χ1n) is 14.1. The Hall–Kier alpha value is -3.63. The number of nitrogens with zero attached hydrogens (tertiary/aromatic N) is 6. The van der Waals surface area contributed by atoms with Gasteiger partial charge in [-0.15, -0.1) is 0 Å². The van der Waals surface area contributed by atoms with Gasteiger partial charge in [-0.25, -0.2) is 10.6 Å². The van der Waals surface area contributed by atoms with Crippen LogP contribution >= 0.6 is 12.2 Å². The fourth-order valence-electron chi connectivity index (χ4n) is 2.56. The minimum Gasteiger partial charge on any atom is -0.361 e. The van der Waals surface area contributed by atoms with Gasteiger partial charge in [0.2, 0.25) is 5.88 Å². The maximum atomic E-state index is 12.7. The average Bonchev–Trinajstić information content (AvgIpc) is 3.62. The molecule has 0 radical (unpaired) electrons. The zero-order valence-electron chi connectivity index (χ0n) is 28.9. The van der Waals surface area contributed by atoms with Crippen molar-refractivity contribution in [2.45, 2.75) is 132 Å². The number of aliphatic imine (C=N–C) groups is 1. The number of aromatic amines is 1. The van der Waals surface area contributed by atoms with Crippen molar-refractivity contribution in [3.8, 4) is 0 Å². The number of hydroxylamine groups is 1. The van der Waals surface area contributed by atoms with E-state index in [0.717, 1.165) is 25.5 Å². The summed E-state index contributed by atoms with van der Waals surface area (Å²) in [5, 5.41) is 9.63. The molecule has 4 heterocycles. The zero-order chi connectivity index (χ0) is 36.1. The molecular weight excluding hydrogens is 644 g/mol. The van der Waals surface area contributed by atoms with E-state index in [2.05, 4.69) is 77.3 Å². The highest BCUT2D eigenvalue weighted by Gasteiger charge is 2.35. The Morgan fingerprint density at radius 2 is 1.04 bits per heavy atom. The van der Waals surface area contributed by atoms with Gasteiger partial charge in [0.1, 0.15) is 11.7 Å². The molecule has 1 aliphatic rings. The van der Waals surface area contributed by atoms with Crippen molar-refractivity contribution in [1.82, 2.24) is 35.9 Å². The van der Waals surface area contributed by atoms with Crippen molar-refractivity contribution < 1.29 is 36.0 Å². The maximum Gasteiger partial charge on any atom is 0.322 e. The van der Waals surface area contributed by atoms with Crippen LogP contribution in [0.15, 0.2) is 31.0 Å². The second kappa shape index (κ2) is 15.5. The predicted octanol–water partition coefficient (Wildman–Crippen LogP) is 9.06. The molecule has 0 saturated heterocycles. The molecule has 268 valence electrons. The van der Waals surface area contributed by atoms with Crippen molar-refractivity contribution in [2.24, 2.45) is 10.4 Å². The van der Waals surface area contributed by atoms with E-state index in [4.69, 9.17) is 21.6 Å². The number of H-pyrrole nitrogens is 1. The molecule has 0 bridgehead atoms. The number of halogens is 4. The predicted molar refractivity (Wildman–Crippen MR) is 173 cm³/mol. The number of alkyl halides is 4.